The van der Waals surface area contributed by atoms with E-state index >= 15 is 0 Å². The van der Waals surface area contributed by atoms with Gasteiger partial charge in [0.25, 0.3) is 0 Å². The van der Waals surface area contributed by atoms with Crippen LogP contribution in [0.15, 0.2) is 48.7 Å². The average molecular weight is 281 g/mol. The topological polar surface area (TPSA) is 37.8 Å². The molecule has 21 heavy (non-hydrogen) atoms. The fraction of sp³-hybridized carbons (Fsp3) is 0.176. The van der Waals surface area contributed by atoms with Gasteiger partial charge in [0.2, 0.25) is 0 Å². The molecule has 0 aliphatic heterocycles. The normalized spacial score (nSPS) is 12.3. The second-order valence-electron chi connectivity index (χ2n) is 5.12. The maximum absolute atomic E-state index is 13.6. The van der Waals surface area contributed by atoms with Crippen LogP contribution in [0.2, 0.25) is 0 Å². The van der Waals surface area contributed by atoms with Crippen molar-refractivity contribution >= 4 is 16.9 Å². The van der Waals surface area contributed by atoms with E-state index in [0.29, 0.717) is 11.4 Å². The molecule has 1 aromatic heterocycles. The zero-order valence-electron chi connectivity index (χ0n) is 12.0. The summed E-state index contributed by atoms with van der Waals surface area (Å²) in [6.45, 7) is 3.73. The van der Waals surface area contributed by atoms with Crippen LogP contribution in [0, 0.1) is 12.7 Å². The van der Waals surface area contributed by atoms with Gasteiger partial charge in [0.05, 0.1) is 23.3 Å². The fourth-order valence-corrected chi connectivity index (χ4v) is 2.21. The number of hydrogen-bond acceptors (Lipinski definition) is 3. The molecule has 2 aromatic carbocycles. The van der Waals surface area contributed by atoms with Gasteiger partial charge in [-0.05, 0) is 43.2 Å². The number of hydrogen-bond donors (Lipinski definition) is 1. The molecule has 1 unspecified atom stereocenters. The Labute approximate surface area is 122 Å². The Bertz CT molecular complexity index is 786. The average Bonchev–Trinajstić information content (AvgIpc) is 2.50. The van der Waals surface area contributed by atoms with Gasteiger partial charge in [0, 0.05) is 0 Å². The molecule has 106 valence electrons. The number of halogens is 1. The Morgan fingerprint density at radius 3 is 2.62 bits per heavy atom. The second kappa shape index (κ2) is 5.48. The first-order valence-electron chi connectivity index (χ1n) is 6.88. The highest BCUT2D eigenvalue weighted by Crippen LogP contribution is 2.21. The molecule has 4 heteroatoms. The van der Waals surface area contributed by atoms with Crippen LogP contribution in [0.5, 0.6) is 0 Å². The molecule has 3 aromatic rings. The Morgan fingerprint density at radius 2 is 1.86 bits per heavy atom. The van der Waals surface area contributed by atoms with Crippen molar-refractivity contribution in [3.8, 4) is 0 Å². The van der Waals surface area contributed by atoms with E-state index in [0.717, 1.165) is 16.6 Å². The lowest BCUT2D eigenvalue weighted by Gasteiger charge is -2.15. The van der Waals surface area contributed by atoms with Crippen LogP contribution in [0.4, 0.5) is 10.2 Å². The summed E-state index contributed by atoms with van der Waals surface area (Å²) in [4.78, 5) is 8.87. The minimum atomic E-state index is -0.189. The summed E-state index contributed by atoms with van der Waals surface area (Å²) in [5.41, 5.74) is 3.23. The number of anilines is 1. The number of fused-ring (bicyclic) bond motifs is 1. The Kier molecular flexibility index (Phi) is 3.52. The number of nitrogens with zero attached hydrogens (tertiary/aromatic N) is 2. The summed E-state index contributed by atoms with van der Waals surface area (Å²) in [5.74, 6) is 0.493. The van der Waals surface area contributed by atoms with Gasteiger partial charge in [0.1, 0.15) is 11.6 Å². The monoisotopic (exact) mass is 281 g/mol. The van der Waals surface area contributed by atoms with Crippen molar-refractivity contribution < 1.29 is 4.39 Å². The third kappa shape index (κ3) is 2.84. The van der Waals surface area contributed by atoms with Crippen molar-refractivity contribution in [1.29, 1.82) is 0 Å². The maximum atomic E-state index is 13.6. The van der Waals surface area contributed by atoms with Crippen molar-refractivity contribution in [2.75, 3.05) is 5.32 Å². The van der Waals surface area contributed by atoms with Crippen LogP contribution in [-0.4, -0.2) is 9.97 Å². The summed E-state index contributed by atoms with van der Waals surface area (Å²) in [5, 5.41) is 3.26. The summed E-state index contributed by atoms with van der Waals surface area (Å²) in [6.07, 6.45) is 1.70. The first kappa shape index (κ1) is 13.5. The predicted molar refractivity (Wildman–Crippen MR) is 82.7 cm³/mol. The number of rotatable bonds is 3. The van der Waals surface area contributed by atoms with Crippen molar-refractivity contribution in [3.63, 3.8) is 0 Å². The zero-order chi connectivity index (χ0) is 14.8. The minimum Gasteiger partial charge on any atom is -0.362 e. The van der Waals surface area contributed by atoms with E-state index in [1.807, 2.05) is 37.3 Å². The summed E-state index contributed by atoms with van der Waals surface area (Å²) in [7, 11) is 0. The van der Waals surface area contributed by atoms with Gasteiger partial charge in [-0.2, -0.15) is 0 Å². The van der Waals surface area contributed by atoms with E-state index in [9.17, 15) is 4.39 Å². The van der Waals surface area contributed by atoms with Crippen LogP contribution < -0.4 is 5.32 Å². The smallest absolute Gasteiger partial charge is 0.145 e. The van der Waals surface area contributed by atoms with Crippen molar-refractivity contribution in [1.82, 2.24) is 9.97 Å². The molecule has 0 amide bonds. The molecule has 0 aliphatic rings. The van der Waals surface area contributed by atoms with Gasteiger partial charge in [-0.3, -0.25) is 4.98 Å². The van der Waals surface area contributed by atoms with E-state index in [1.165, 1.54) is 0 Å². The predicted octanol–water partition coefficient (Wildman–Crippen LogP) is 4.25. The van der Waals surface area contributed by atoms with E-state index in [1.54, 1.807) is 25.3 Å². The van der Waals surface area contributed by atoms with Crippen LogP contribution in [0.25, 0.3) is 11.0 Å². The lowest BCUT2D eigenvalue weighted by molar-refractivity contribution is 0.614. The quantitative estimate of drug-likeness (QED) is 0.780. The van der Waals surface area contributed by atoms with E-state index in [-0.39, 0.29) is 11.9 Å². The molecular weight excluding hydrogens is 265 g/mol. The number of aryl methyl sites for hydroxylation is 1. The second-order valence-corrected chi connectivity index (χ2v) is 5.12. The lowest BCUT2D eigenvalue weighted by Crippen LogP contribution is -2.08. The van der Waals surface area contributed by atoms with Crippen LogP contribution in [0.3, 0.4) is 0 Å². The molecule has 1 heterocycles. The summed E-state index contributed by atoms with van der Waals surface area (Å²) < 4.78 is 13.6. The van der Waals surface area contributed by atoms with Crippen LogP contribution >= 0.6 is 0 Å². The molecule has 3 rings (SSSR count). The van der Waals surface area contributed by atoms with Gasteiger partial charge < -0.3 is 5.32 Å². The first-order chi connectivity index (χ1) is 10.1. The van der Waals surface area contributed by atoms with Gasteiger partial charge in [-0.1, -0.05) is 24.3 Å². The third-order valence-corrected chi connectivity index (χ3v) is 3.51. The van der Waals surface area contributed by atoms with Crippen LogP contribution in [0.1, 0.15) is 24.1 Å². The van der Waals surface area contributed by atoms with Crippen molar-refractivity contribution in [3.05, 3.63) is 65.6 Å². The fourth-order valence-electron chi connectivity index (χ4n) is 2.21. The van der Waals surface area contributed by atoms with E-state index in [4.69, 9.17) is 0 Å². The highest BCUT2D eigenvalue weighted by molar-refractivity contribution is 5.75. The van der Waals surface area contributed by atoms with Crippen molar-refractivity contribution in [2.24, 2.45) is 0 Å². The Balaban J connectivity index is 1.85. The molecular formula is C17H16FN3. The Hall–Kier alpha value is -2.49. The largest absolute Gasteiger partial charge is 0.362 e. The molecule has 0 bridgehead atoms. The van der Waals surface area contributed by atoms with Gasteiger partial charge in [0.15, 0.2) is 0 Å². The highest BCUT2D eigenvalue weighted by atomic mass is 19.1. The molecule has 3 nitrogen and oxygen atoms in total. The molecule has 0 fully saturated rings. The molecule has 0 spiro atoms. The Morgan fingerprint density at radius 1 is 1.10 bits per heavy atom. The van der Waals surface area contributed by atoms with Crippen molar-refractivity contribution in [2.45, 2.75) is 19.9 Å². The molecule has 0 aliphatic carbocycles. The molecule has 0 saturated carbocycles. The van der Waals surface area contributed by atoms with E-state index in [2.05, 4.69) is 15.3 Å². The maximum Gasteiger partial charge on any atom is 0.145 e. The van der Waals surface area contributed by atoms with E-state index < -0.39 is 0 Å². The van der Waals surface area contributed by atoms with Crippen LogP contribution in [-0.2, 0) is 0 Å². The molecule has 1 atom stereocenters. The zero-order valence-corrected chi connectivity index (χ0v) is 12.0. The van der Waals surface area contributed by atoms with Gasteiger partial charge in [-0.25, -0.2) is 9.37 Å². The SMILES string of the molecule is Cc1ccc(C(C)Nc2cnc3ccccc3n2)cc1F. The van der Waals surface area contributed by atoms with Gasteiger partial charge in [-0.15, -0.1) is 0 Å². The highest BCUT2D eigenvalue weighted by Gasteiger charge is 2.09. The standard InChI is InChI=1S/C17H16FN3/c1-11-7-8-13(9-14(11)18)12(2)20-17-10-19-15-5-3-4-6-16(15)21-17/h3-10,12H,1-2H3,(H,20,21). The summed E-state index contributed by atoms with van der Waals surface area (Å²) >= 11 is 0. The number of benzene rings is 2. The first-order valence-corrected chi connectivity index (χ1v) is 6.88. The molecule has 0 saturated heterocycles. The molecule has 0 radical (unpaired) electrons. The summed E-state index contributed by atoms with van der Waals surface area (Å²) in [6, 6.07) is 12.9. The minimum absolute atomic E-state index is 0.0458. The number of para-hydroxylation sites is 2. The number of aromatic nitrogens is 2. The van der Waals surface area contributed by atoms with Gasteiger partial charge >= 0.3 is 0 Å². The lowest BCUT2D eigenvalue weighted by atomic mass is 10.1. The third-order valence-electron chi connectivity index (χ3n) is 3.51. The number of nitrogens with one attached hydrogen (secondary N) is 1. The molecule has 1 N–H and O–H groups in total.